The zero-order chi connectivity index (χ0) is 16.3. The van der Waals surface area contributed by atoms with Crippen LogP contribution in [0.15, 0.2) is 6.07 Å². The van der Waals surface area contributed by atoms with Crippen LogP contribution in [0.3, 0.4) is 0 Å². The van der Waals surface area contributed by atoms with Gasteiger partial charge in [0.2, 0.25) is 5.91 Å². The molecule has 3 saturated heterocycles. The van der Waals surface area contributed by atoms with Gasteiger partial charge in [-0.3, -0.25) is 14.7 Å². The molecule has 1 N–H and O–H groups in total. The van der Waals surface area contributed by atoms with Crippen LogP contribution < -0.4 is 0 Å². The summed E-state index contributed by atoms with van der Waals surface area (Å²) in [6.07, 6.45) is 6.83. The Morgan fingerprint density at radius 3 is 2.67 bits per heavy atom. The maximum atomic E-state index is 12.9. The van der Waals surface area contributed by atoms with Crippen molar-refractivity contribution in [3.63, 3.8) is 0 Å². The van der Waals surface area contributed by atoms with E-state index >= 15 is 0 Å². The molecule has 6 rings (SSSR count). The highest BCUT2D eigenvalue weighted by Crippen LogP contribution is 2.39. The number of rotatable bonds is 4. The summed E-state index contributed by atoms with van der Waals surface area (Å²) in [5.74, 6) is 1.50. The Kier molecular flexibility index (Phi) is 3.22. The van der Waals surface area contributed by atoms with E-state index in [0.717, 1.165) is 25.1 Å². The summed E-state index contributed by atoms with van der Waals surface area (Å²) in [4.78, 5) is 29.6. The Morgan fingerprint density at radius 1 is 1.12 bits per heavy atom. The molecule has 2 unspecified atom stereocenters. The number of H-pyrrole nitrogens is 1. The second kappa shape index (κ2) is 5.33. The summed E-state index contributed by atoms with van der Waals surface area (Å²) in [6, 6.07) is 2.11. The van der Waals surface area contributed by atoms with Gasteiger partial charge >= 0.3 is 0 Å². The molecule has 4 heterocycles. The molecule has 0 spiro atoms. The molecule has 128 valence electrons. The lowest BCUT2D eigenvalue weighted by Gasteiger charge is -2.36. The maximum Gasteiger partial charge on any atom is 0.274 e. The van der Waals surface area contributed by atoms with Crippen LogP contribution in [0.2, 0.25) is 0 Å². The fraction of sp³-hybridized carbons (Fsp3) is 0.722. The first-order valence-electron chi connectivity index (χ1n) is 9.34. The summed E-state index contributed by atoms with van der Waals surface area (Å²) in [5.41, 5.74) is 1.60. The lowest BCUT2D eigenvalue weighted by atomic mass is 9.94. The van der Waals surface area contributed by atoms with E-state index in [1.54, 1.807) is 0 Å². The zero-order valence-corrected chi connectivity index (χ0v) is 13.9. The molecule has 5 fully saturated rings. The maximum absolute atomic E-state index is 12.9. The number of hydrogen-bond donors (Lipinski definition) is 1. The van der Waals surface area contributed by atoms with Crippen molar-refractivity contribution in [3.05, 3.63) is 17.5 Å². The predicted molar refractivity (Wildman–Crippen MR) is 87.4 cm³/mol. The number of carbonyl (C=O) groups is 2. The molecular formula is C18H24N4O2. The first kappa shape index (κ1) is 14.5. The van der Waals surface area contributed by atoms with Crippen molar-refractivity contribution in [2.45, 2.75) is 50.5 Å². The molecule has 6 nitrogen and oxygen atoms in total. The van der Waals surface area contributed by atoms with Gasteiger partial charge in [-0.2, -0.15) is 5.10 Å². The number of piperidine rings is 1. The van der Waals surface area contributed by atoms with Gasteiger partial charge in [0.05, 0.1) is 5.92 Å². The van der Waals surface area contributed by atoms with Crippen molar-refractivity contribution < 1.29 is 9.59 Å². The number of hydrogen-bond acceptors (Lipinski definition) is 3. The minimum absolute atomic E-state index is 0.0175. The first-order valence-corrected chi connectivity index (χ1v) is 9.34. The highest BCUT2D eigenvalue weighted by atomic mass is 16.2. The van der Waals surface area contributed by atoms with Crippen LogP contribution in [0.1, 0.15) is 60.6 Å². The minimum Gasteiger partial charge on any atom is -0.337 e. The van der Waals surface area contributed by atoms with Crippen LogP contribution in [0.5, 0.6) is 0 Å². The van der Waals surface area contributed by atoms with Gasteiger partial charge in [-0.25, -0.2) is 0 Å². The molecule has 2 bridgehead atoms. The van der Waals surface area contributed by atoms with E-state index in [9.17, 15) is 9.59 Å². The van der Waals surface area contributed by atoms with Gasteiger partial charge in [0.15, 0.2) is 0 Å². The predicted octanol–water partition coefficient (Wildman–Crippen LogP) is 1.76. The molecule has 2 aliphatic carbocycles. The standard InChI is InChI=1S/C18H24N4O2/c23-17-13-5-6-14(22(17)8-11-1-2-11)10-21(9-13)18(24)16-7-15(19-20-16)12-3-4-12/h7,11-14H,1-6,8-10H2,(H,19,20). The van der Waals surface area contributed by atoms with Gasteiger partial charge in [0.25, 0.3) is 5.91 Å². The summed E-state index contributed by atoms with van der Waals surface area (Å²) >= 11 is 0. The Hall–Kier alpha value is -1.85. The van der Waals surface area contributed by atoms with E-state index in [2.05, 4.69) is 15.1 Å². The van der Waals surface area contributed by atoms with Crippen molar-refractivity contribution in [3.8, 4) is 0 Å². The number of amides is 2. The number of aromatic amines is 1. The van der Waals surface area contributed by atoms with Gasteiger partial charge in [-0.05, 0) is 50.5 Å². The van der Waals surface area contributed by atoms with E-state index in [-0.39, 0.29) is 23.8 Å². The number of carbonyl (C=O) groups excluding carboxylic acids is 2. The molecule has 5 aliphatic rings. The number of aromatic nitrogens is 2. The van der Waals surface area contributed by atoms with Gasteiger partial charge in [0.1, 0.15) is 5.69 Å². The van der Waals surface area contributed by atoms with Crippen LogP contribution >= 0.6 is 0 Å². The molecule has 1 aromatic rings. The highest BCUT2D eigenvalue weighted by Gasteiger charge is 2.43. The molecule has 2 saturated carbocycles. The van der Waals surface area contributed by atoms with Crippen LogP contribution in [0.4, 0.5) is 0 Å². The van der Waals surface area contributed by atoms with Gasteiger partial charge in [-0.15, -0.1) is 0 Å². The first-order chi connectivity index (χ1) is 11.7. The SMILES string of the molecule is O=C(c1cc(C2CC2)[nH]n1)N1CC2CCC(C1)N(CC1CC1)C2=O. The molecule has 1 aromatic heterocycles. The summed E-state index contributed by atoms with van der Waals surface area (Å²) < 4.78 is 0. The molecule has 24 heavy (non-hydrogen) atoms. The second-order valence-electron chi connectivity index (χ2n) is 8.06. The Labute approximate surface area is 141 Å². The average molecular weight is 328 g/mol. The van der Waals surface area contributed by atoms with Crippen molar-refractivity contribution in [2.24, 2.45) is 11.8 Å². The quantitative estimate of drug-likeness (QED) is 0.915. The molecule has 3 aliphatic heterocycles. The Balaban J connectivity index is 1.34. The Morgan fingerprint density at radius 2 is 1.92 bits per heavy atom. The summed E-state index contributed by atoms with van der Waals surface area (Å²) in [6.45, 7) is 2.12. The van der Waals surface area contributed by atoms with Crippen molar-refractivity contribution in [1.82, 2.24) is 20.0 Å². The van der Waals surface area contributed by atoms with Crippen molar-refractivity contribution >= 4 is 11.8 Å². The van der Waals surface area contributed by atoms with Gasteiger partial charge < -0.3 is 9.80 Å². The monoisotopic (exact) mass is 328 g/mol. The second-order valence-corrected chi connectivity index (χ2v) is 8.06. The highest BCUT2D eigenvalue weighted by molar-refractivity contribution is 5.93. The van der Waals surface area contributed by atoms with Crippen LogP contribution in [-0.4, -0.2) is 57.5 Å². The van der Waals surface area contributed by atoms with E-state index in [0.29, 0.717) is 30.6 Å². The average Bonchev–Trinajstić information content (AvgIpc) is 3.49. The number of nitrogens with one attached hydrogen (secondary N) is 1. The smallest absolute Gasteiger partial charge is 0.274 e. The molecular weight excluding hydrogens is 304 g/mol. The topological polar surface area (TPSA) is 69.3 Å². The molecule has 6 heteroatoms. The summed E-state index contributed by atoms with van der Waals surface area (Å²) in [5, 5.41) is 7.25. The normalized spacial score (nSPS) is 29.9. The van der Waals surface area contributed by atoms with Crippen molar-refractivity contribution in [2.75, 3.05) is 19.6 Å². The number of nitrogens with zero attached hydrogens (tertiary/aromatic N) is 3. The van der Waals surface area contributed by atoms with Gasteiger partial charge in [-0.1, -0.05) is 0 Å². The van der Waals surface area contributed by atoms with Crippen molar-refractivity contribution in [1.29, 1.82) is 0 Å². The largest absolute Gasteiger partial charge is 0.337 e. The van der Waals surface area contributed by atoms with Crippen LogP contribution in [0.25, 0.3) is 0 Å². The third-order valence-corrected chi connectivity index (χ3v) is 6.07. The van der Waals surface area contributed by atoms with E-state index in [4.69, 9.17) is 0 Å². The minimum atomic E-state index is -0.0201. The molecule has 2 amide bonds. The third kappa shape index (κ3) is 2.52. The molecule has 0 radical (unpaired) electrons. The lowest BCUT2D eigenvalue weighted by Crippen LogP contribution is -2.48. The fourth-order valence-corrected chi connectivity index (χ4v) is 4.24. The van der Waals surface area contributed by atoms with E-state index in [1.165, 1.54) is 25.7 Å². The van der Waals surface area contributed by atoms with E-state index in [1.807, 2.05) is 11.0 Å². The Bertz CT molecular complexity index is 676. The van der Waals surface area contributed by atoms with Crippen LogP contribution in [-0.2, 0) is 4.79 Å². The number of fused-ring (bicyclic) bond motifs is 4. The van der Waals surface area contributed by atoms with Crippen LogP contribution in [0, 0.1) is 11.8 Å². The summed E-state index contributed by atoms with van der Waals surface area (Å²) in [7, 11) is 0. The third-order valence-electron chi connectivity index (χ3n) is 6.07. The van der Waals surface area contributed by atoms with E-state index < -0.39 is 0 Å². The lowest BCUT2D eigenvalue weighted by molar-refractivity contribution is -0.140. The fourth-order valence-electron chi connectivity index (χ4n) is 4.24. The molecule has 2 atom stereocenters. The zero-order valence-electron chi connectivity index (χ0n) is 13.9. The molecule has 0 aromatic carbocycles. The van der Waals surface area contributed by atoms with Gasteiger partial charge in [0, 0.05) is 37.3 Å².